The van der Waals surface area contributed by atoms with Crippen LogP contribution in [0.25, 0.3) is 0 Å². The fraction of sp³-hybridized carbons (Fsp3) is 0.417. The number of nitrogen functional groups attached to an aromatic ring is 1. The zero-order valence-electron chi connectivity index (χ0n) is 9.28. The summed E-state index contributed by atoms with van der Waals surface area (Å²) < 4.78 is 12.2. The lowest BCUT2D eigenvalue weighted by atomic mass is 10.1. The zero-order chi connectivity index (χ0) is 12.5. The largest absolute Gasteiger partial charge is 0.399 e. The molecule has 0 aliphatic heterocycles. The van der Waals surface area contributed by atoms with Crippen molar-refractivity contribution < 1.29 is 4.21 Å². The van der Waals surface area contributed by atoms with E-state index in [1.54, 1.807) is 18.2 Å². The van der Waals surface area contributed by atoms with Gasteiger partial charge < -0.3 is 5.73 Å². The SMILES string of the molecule is N#CCC1(CS(=O)c2cc(N)ccc2Cl)CC1. The van der Waals surface area contributed by atoms with Gasteiger partial charge >= 0.3 is 0 Å². The molecule has 0 aromatic heterocycles. The Morgan fingerprint density at radius 2 is 2.24 bits per heavy atom. The van der Waals surface area contributed by atoms with E-state index in [2.05, 4.69) is 6.07 Å². The molecular weight excluding hydrogens is 256 g/mol. The average Bonchev–Trinajstić information content (AvgIpc) is 3.02. The molecule has 2 N–H and O–H groups in total. The average molecular weight is 269 g/mol. The summed E-state index contributed by atoms with van der Waals surface area (Å²) in [6.45, 7) is 0. The molecule has 1 aromatic carbocycles. The maximum Gasteiger partial charge on any atom is 0.0627 e. The Hall–Kier alpha value is -1.05. The van der Waals surface area contributed by atoms with Crippen LogP contribution in [0.4, 0.5) is 5.69 Å². The minimum Gasteiger partial charge on any atom is -0.399 e. The van der Waals surface area contributed by atoms with E-state index in [9.17, 15) is 4.21 Å². The highest BCUT2D eigenvalue weighted by Crippen LogP contribution is 2.49. The number of rotatable bonds is 4. The molecule has 1 saturated carbocycles. The van der Waals surface area contributed by atoms with Crippen molar-refractivity contribution in [3.05, 3.63) is 23.2 Å². The predicted molar refractivity (Wildman–Crippen MR) is 69.0 cm³/mol. The molecule has 1 aromatic rings. The van der Waals surface area contributed by atoms with E-state index in [1.165, 1.54) is 0 Å². The van der Waals surface area contributed by atoms with Crippen molar-refractivity contribution in [1.82, 2.24) is 0 Å². The molecular formula is C12H13ClN2OS. The first-order chi connectivity index (χ1) is 8.06. The first-order valence-electron chi connectivity index (χ1n) is 5.37. The molecule has 1 fully saturated rings. The summed E-state index contributed by atoms with van der Waals surface area (Å²) in [6.07, 6.45) is 2.43. The minimum atomic E-state index is -1.18. The number of nitrogens with zero attached hydrogens (tertiary/aromatic N) is 1. The van der Waals surface area contributed by atoms with E-state index < -0.39 is 10.8 Å². The van der Waals surface area contributed by atoms with Crippen LogP contribution in [0, 0.1) is 16.7 Å². The Balaban J connectivity index is 2.15. The van der Waals surface area contributed by atoms with Crippen LogP contribution in [0.5, 0.6) is 0 Å². The van der Waals surface area contributed by atoms with Crippen LogP contribution in [-0.2, 0) is 10.8 Å². The molecule has 0 heterocycles. The lowest BCUT2D eigenvalue weighted by Gasteiger charge is -2.11. The fourth-order valence-electron chi connectivity index (χ4n) is 1.77. The van der Waals surface area contributed by atoms with E-state index in [0.717, 1.165) is 12.8 Å². The van der Waals surface area contributed by atoms with Crippen molar-refractivity contribution in [3.63, 3.8) is 0 Å². The van der Waals surface area contributed by atoms with Gasteiger partial charge in [-0.05, 0) is 36.5 Å². The third kappa shape index (κ3) is 2.80. The van der Waals surface area contributed by atoms with Gasteiger partial charge in [0.1, 0.15) is 0 Å². The summed E-state index contributed by atoms with van der Waals surface area (Å²) in [6, 6.07) is 7.16. The molecule has 0 saturated heterocycles. The first-order valence-corrected chi connectivity index (χ1v) is 7.06. The summed E-state index contributed by atoms with van der Waals surface area (Å²) in [5, 5.41) is 9.21. The number of halogens is 1. The summed E-state index contributed by atoms with van der Waals surface area (Å²) >= 11 is 6.00. The van der Waals surface area contributed by atoms with Gasteiger partial charge in [0.05, 0.1) is 26.8 Å². The topological polar surface area (TPSA) is 66.9 Å². The summed E-state index contributed by atoms with van der Waals surface area (Å²) in [4.78, 5) is 0.580. The number of anilines is 1. The number of hydrogen-bond donors (Lipinski definition) is 1. The third-order valence-corrected chi connectivity index (χ3v) is 5.19. The Morgan fingerprint density at radius 3 is 2.82 bits per heavy atom. The second kappa shape index (κ2) is 4.67. The van der Waals surface area contributed by atoms with E-state index in [0.29, 0.717) is 27.8 Å². The molecule has 1 aliphatic rings. The van der Waals surface area contributed by atoms with Crippen molar-refractivity contribution in [1.29, 1.82) is 5.26 Å². The highest BCUT2D eigenvalue weighted by molar-refractivity contribution is 7.85. The molecule has 3 nitrogen and oxygen atoms in total. The van der Waals surface area contributed by atoms with Crippen molar-refractivity contribution in [2.75, 3.05) is 11.5 Å². The second-order valence-corrected chi connectivity index (χ2v) is 6.34. The van der Waals surface area contributed by atoms with Crippen molar-refractivity contribution in [2.45, 2.75) is 24.2 Å². The first kappa shape index (κ1) is 12.4. The van der Waals surface area contributed by atoms with E-state index >= 15 is 0 Å². The molecule has 0 spiro atoms. The standard InChI is InChI=1S/C12H13ClN2OS/c13-10-2-1-9(15)7-11(10)17(16)8-12(3-4-12)5-6-14/h1-2,7H,3-5,8,15H2. The van der Waals surface area contributed by atoms with E-state index in [4.69, 9.17) is 22.6 Å². The molecule has 0 amide bonds. The quantitative estimate of drug-likeness (QED) is 0.854. The van der Waals surface area contributed by atoms with Crippen LogP contribution >= 0.6 is 11.6 Å². The van der Waals surface area contributed by atoms with Crippen LogP contribution in [0.15, 0.2) is 23.1 Å². The summed E-state index contributed by atoms with van der Waals surface area (Å²) in [7, 11) is -1.18. The van der Waals surface area contributed by atoms with Gasteiger partial charge in [0, 0.05) is 17.9 Å². The van der Waals surface area contributed by atoms with Crippen LogP contribution in [0.2, 0.25) is 5.02 Å². The smallest absolute Gasteiger partial charge is 0.0627 e. The van der Waals surface area contributed by atoms with Gasteiger partial charge in [-0.15, -0.1) is 0 Å². The van der Waals surface area contributed by atoms with Gasteiger partial charge in [-0.3, -0.25) is 4.21 Å². The Kier molecular flexibility index (Phi) is 3.41. The maximum absolute atomic E-state index is 12.2. The minimum absolute atomic E-state index is 0.0481. The van der Waals surface area contributed by atoms with Gasteiger partial charge in [0.2, 0.25) is 0 Å². The Morgan fingerprint density at radius 1 is 1.53 bits per heavy atom. The lowest BCUT2D eigenvalue weighted by molar-refractivity contribution is 0.587. The van der Waals surface area contributed by atoms with Crippen LogP contribution in [-0.4, -0.2) is 9.96 Å². The number of benzene rings is 1. The third-order valence-electron chi connectivity index (χ3n) is 3.05. The molecule has 1 unspecified atom stereocenters. The monoisotopic (exact) mass is 268 g/mol. The fourth-order valence-corrected chi connectivity index (χ4v) is 3.80. The second-order valence-electron chi connectivity index (χ2n) is 4.51. The van der Waals surface area contributed by atoms with Crippen molar-refractivity contribution in [3.8, 4) is 6.07 Å². The molecule has 0 bridgehead atoms. The van der Waals surface area contributed by atoms with Gasteiger partial charge in [-0.1, -0.05) is 11.6 Å². The van der Waals surface area contributed by atoms with E-state index in [-0.39, 0.29) is 5.41 Å². The molecule has 17 heavy (non-hydrogen) atoms. The summed E-state index contributed by atoms with van der Waals surface area (Å²) in [5.41, 5.74) is 6.17. The van der Waals surface area contributed by atoms with E-state index in [1.807, 2.05) is 0 Å². The van der Waals surface area contributed by atoms with Crippen LogP contribution in [0.3, 0.4) is 0 Å². The highest BCUT2D eigenvalue weighted by Gasteiger charge is 2.44. The zero-order valence-corrected chi connectivity index (χ0v) is 10.9. The van der Waals surface area contributed by atoms with Crippen molar-refractivity contribution in [2.24, 2.45) is 5.41 Å². The number of nitriles is 1. The van der Waals surface area contributed by atoms with Crippen molar-refractivity contribution >= 4 is 28.1 Å². The van der Waals surface area contributed by atoms with Gasteiger partial charge in [0.25, 0.3) is 0 Å². The summed E-state index contributed by atoms with van der Waals surface area (Å²) in [5.74, 6) is 0.504. The predicted octanol–water partition coefficient (Wildman–Crippen LogP) is 2.72. The maximum atomic E-state index is 12.2. The lowest BCUT2D eigenvalue weighted by Crippen LogP contribution is -2.12. The Bertz CT molecular complexity index is 506. The Labute approximate surface area is 108 Å². The highest BCUT2D eigenvalue weighted by atomic mass is 35.5. The van der Waals surface area contributed by atoms with Gasteiger partial charge in [0.15, 0.2) is 0 Å². The molecule has 2 rings (SSSR count). The molecule has 5 heteroatoms. The molecule has 1 aliphatic carbocycles. The van der Waals surface area contributed by atoms with Gasteiger partial charge in [-0.2, -0.15) is 5.26 Å². The van der Waals surface area contributed by atoms with Crippen LogP contribution in [0.1, 0.15) is 19.3 Å². The van der Waals surface area contributed by atoms with Crippen LogP contribution < -0.4 is 5.73 Å². The molecule has 0 radical (unpaired) electrons. The number of hydrogen-bond acceptors (Lipinski definition) is 3. The normalized spacial score (nSPS) is 18.4. The number of nitrogens with two attached hydrogens (primary N) is 1. The molecule has 90 valence electrons. The van der Waals surface area contributed by atoms with Gasteiger partial charge in [-0.25, -0.2) is 0 Å². The molecule has 1 atom stereocenters.